The second kappa shape index (κ2) is 7.40. The maximum atomic E-state index is 12.1. The minimum Gasteiger partial charge on any atom is -0.507 e. The fourth-order valence-electron chi connectivity index (χ4n) is 2.38. The first-order valence-electron chi connectivity index (χ1n) is 7.73. The van der Waals surface area contributed by atoms with Gasteiger partial charge < -0.3 is 10.4 Å². The number of para-hydroxylation sites is 1. The molecule has 2 aromatic carbocycles. The molecule has 1 heterocycles. The molecule has 128 valence electrons. The van der Waals surface area contributed by atoms with E-state index in [0.29, 0.717) is 16.5 Å². The zero-order valence-electron chi connectivity index (χ0n) is 13.9. The van der Waals surface area contributed by atoms with Crippen molar-refractivity contribution >= 4 is 23.4 Å². The average Bonchev–Trinajstić information content (AvgIpc) is 3.05. The van der Waals surface area contributed by atoms with Crippen molar-refractivity contribution in [3.05, 3.63) is 53.6 Å². The molecule has 0 aliphatic carbocycles. The molecule has 3 N–H and O–H groups in total. The Morgan fingerprint density at radius 1 is 1.24 bits per heavy atom. The van der Waals surface area contributed by atoms with Crippen molar-refractivity contribution < 1.29 is 9.90 Å². The summed E-state index contributed by atoms with van der Waals surface area (Å²) >= 11 is 1.23. The highest BCUT2D eigenvalue weighted by Crippen LogP contribution is 2.27. The van der Waals surface area contributed by atoms with E-state index >= 15 is 0 Å². The number of thioether (sulfide) groups is 1. The number of phenols is 1. The molecule has 25 heavy (non-hydrogen) atoms. The van der Waals surface area contributed by atoms with Gasteiger partial charge in [0.15, 0.2) is 5.82 Å². The zero-order chi connectivity index (χ0) is 17.8. The third-order valence-electron chi connectivity index (χ3n) is 3.61. The van der Waals surface area contributed by atoms with Gasteiger partial charge in [-0.1, -0.05) is 41.6 Å². The Morgan fingerprint density at radius 3 is 2.80 bits per heavy atom. The highest BCUT2D eigenvalue weighted by molar-refractivity contribution is 7.99. The number of H-pyrrole nitrogens is 1. The number of carbonyl (C=O) groups excluding carboxylic acids is 1. The van der Waals surface area contributed by atoms with Crippen LogP contribution >= 0.6 is 11.8 Å². The highest BCUT2D eigenvalue weighted by atomic mass is 32.2. The first-order chi connectivity index (χ1) is 12.0. The number of aromatic hydroxyl groups is 1. The van der Waals surface area contributed by atoms with E-state index in [2.05, 4.69) is 20.5 Å². The van der Waals surface area contributed by atoms with Gasteiger partial charge in [0.25, 0.3) is 0 Å². The molecule has 7 heteroatoms. The van der Waals surface area contributed by atoms with Crippen molar-refractivity contribution in [2.24, 2.45) is 0 Å². The van der Waals surface area contributed by atoms with Crippen LogP contribution in [0.5, 0.6) is 5.75 Å². The summed E-state index contributed by atoms with van der Waals surface area (Å²) in [4.78, 5) is 16.4. The van der Waals surface area contributed by atoms with Crippen molar-refractivity contribution in [1.29, 1.82) is 0 Å². The Labute approximate surface area is 149 Å². The summed E-state index contributed by atoms with van der Waals surface area (Å²) in [7, 11) is 0. The number of aromatic amines is 1. The number of rotatable bonds is 5. The molecular formula is C18H18N4O2S. The van der Waals surface area contributed by atoms with Gasteiger partial charge in [-0.05, 0) is 37.6 Å². The van der Waals surface area contributed by atoms with Gasteiger partial charge in [-0.15, -0.1) is 5.10 Å². The predicted octanol–water partition coefficient (Wildman–Crippen LogP) is 3.52. The third kappa shape index (κ3) is 4.19. The maximum Gasteiger partial charge on any atom is 0.234 e. The minimum absolute atomic E-state index is 0.120. The largest absolute Gasteiger partial charge is 0.507 e. The molecule has 6 nitrogen and oxygen atoms in total. The van der Waals surface area contributed by atoms with E-state index < -0.39 is 0 Å². The number of aryl methyl sites for hydroxylation is 2. The van der Waals surface area contributed by atoms with Gasteiger partial charge in [0.2, 0.25) is 11.1 Å². The van der Waals surface area contributed by atoms with Gasteiger partial charge in [0.1, 0.15) is 5.75 Å². The number of anilines is 1. The van der Waals surface area contributed by atoms with Gasteiger partial charge in [0, 0.05) is 5.69 Å². The molecule has 0 aliphatic rings. The minimum atomic E-state index is -0.120. The Bertz CT molecular complexity index is 908. The Morgan fingerprint density at radius 2 is 2.04 bits per heavy atom. The molecule has 0 saturated carbocycles. The van der Waals surface area contributed by atoms with E-state index in [1.54, 1.807) is 18.2 Å². The Hall–Kier alpha value is -2.80. The average molecular weight is 354 g/mol. The Kier molecular flexibility index (Phi) is 5.04. The van der Waals surface area contributed by atoms with Gasteiger partial charge in [-0.2, -0.15) is 0 Å². The van der Waals surface area contributed by atoms with Crippen LogP contribution in [0, 0.1) is 13.8 Å². The van der Waals surface area contributed by atoms with Crippen LogP contribution in [0.25, 0.3) is 11.4 Å². The van der Waals surface area contributed by atoms with Crippen molar-refractivity contribution in [3.8, 4) is 17.1 Å². The van der Waals surface area contributed by atoms with Crippen molar-refractivity contribution in [2.75, 3.05) is 11.1 Å². The highest BCUT2D eigenvalue weighted by Gasteiger charge is 2.12. The number of hydrogen-bond acceptors (Lipinski definition) is 5. The number of carbonyl (C=O) groups is 1. The summed E-state index contributed by atoms with van der Waals surface area (Å²) in [6, 6.07) is 12.8. The Balaban J connectivity index is 1.60. The summed E-state index contributed by atoms with van der Waals surface area (Å²) in [5, 5.41) is 20.0. The molecule has 0 fully saturated rings. The van der Waals surface area contributed by atoms with Crippen molar-refractivity contribution in [2.45, 2.75) is 19.0 Å². The van der Waals surface area contributed by atoms with Gasteiger partial charge in [0.05, 0.1) is 11.3 Å². The lowest BCUT2D eigenvalue weighted by Gasteiger charge is -2.08. The van der Waals surface area contributed by atoms with Crippen molar-refractivity contribution in [3.63, 3.8) is 0 Å². The molecule has 0 unspecified atom stereocenters. The molecule has 0 radical (unpaired) electrons. The van der Waals surface area contributed by atoms with E-state index in [0.717, 1.165) is 16.8 Å². The molecule has 3 rings (SSSR count). The van der Waals surface area contributed by atoms with E-state index in [1.165, 1.54) is 11.8 Å². The molecular weight excluding hydrogens is 336 g/mol. The van der Waals surface area contributed by atoms with Crippen LogP contribution in [-0.4, -0.2) is 31.9 Å². The summed E-state index contributed by atoms with van der Waals surface area (Å²) in [5.41, 5.74) is 3.56. The molecule has 0 spiro atoms. The number of nitrogens with zero attached hydrogens (tertiary/aromatic N) is 2. The molecule has 0 saturated heterocycles. The zero-order valence-corrected chi connectivity index (χ0v) is 14.7. The number of phenolic OH excluding ortho intramolecular Hbond substituents is 1. The van der Waals surface area contributed by atoms with Crippen LogP contribution in [0.4, 0.5) is 5.69 Å². The van der Waals surface area contributed by atoms with E-state index in [4.69, 9.17) is 0 Å². The monoisotopic (exact) mass is 354 g/mol. The lowest BCUT2D eigenvalue weighted by atomic mass is 10.1. The number of nitrogens with one attached hydrogen (secondary N) is 2. The smallest absolute Gasteiger partial charge is 0.234 e. The van der Waals surface area contributed by atoms with E-state index in [-0.39, 0.29) is 17.4 Å². The summed E-state index contributed by atoms with van der Waals surface area (Å²) < 4.78 is 0. The first-order valence-corrected chi connectivity index (χ1v) is 8.72. The van der Waals surface area contributed by atoms with Crippen LogP contribution in [0.1, 0.15) is 11.1 Å². The van der Waals surface area contributed by atoms with Crippen molar-refractivity contribution in [1.82, 2.24) is 15.2 Å². The van der Waals surface area contributed by atoms with E-state index in [1.807, 2.05) is 38.1 Å². The second-order valence-corrected chi connectivity index (χ2v) is 6.58. The van der Waals surface area contributed by atoms with Crippen LogP contribution in [0.15, 0.2) is 47.6 Å². The summed E-state index contributed by atoms with van der Waals surface area (Å²) in [6.45, 7) is 3.98. The van der Waals surface area contributed by atoms with Gasteiger partial charge in [-0.3, -0.25) is 9.89 Å². The van der Waals surface area contributed by atoms with Gasteiger partial charge in [-0.25, -0.2) is 4.98 Å². The molecule has 1 amide bonds. The van der Waals surface area contributed by atoms with Crippen LogP contribution in [-0.2, 0) is 4.79 Å². The summed E-state index contributed by atoms with van der Waals surface area (Å²) in [5.74, 6) is 0.676. The quantitative estimate of drug-likeness (QED) is 0.610. The lowest BCUT2D eigenvalue weighted by molar-refractivity contribution is -0.113. The maximum absolute atomic E-state index is 12.1. The fourth-order valence-corrected chi connectivity index (χ4v) is 2.97. The third-order valence-corrected chi connectivity index (χ3v) is 4.46. The molecule has 0 bridgehead atoms. The van der Waals surface area contributed by atoms with E-state index in [9.17, 15) is 9.90 Å². The number of aromatic nitrogens is 3. The molecule has 1 aromatic heterocycles. The normalized spacial score (nSPS) is 10.6. The van der Waals surface area contributed by atoms with Crippen LogP contribution < -0.4 is 5.32 Å². The van der Waals surface area contributed by atoms with Crippen LogP contribution in [0.2, 0.25) is 0 Å². The number of benzene rings is 2. The topological polar surface area (TPSA) is 90.9 Å². The second-order valence-electron chi connectivity index (χ2n) is 5.64. The lowest BCUT2D eigenvalue weighted by Crippen LogP contribution is -2.15. The molecule has 3 aromatic rings. The molecule has 0 aliphatic heterocycles. The molecule has 0 atom stereocenters. The first kappa shape index (κ1) is 17.0. The predicted molar refractivity (Wildman–Crippen MR) is 98.8 cm³/mol. The van der Waals surface area contributed by atoms with Gasteiger partial charge >= 0.3 is 0 Å². The SMILES string of the molecule is Cc1ccc(NC(=O)CSc2n[nH]c(-c3ccccc3O)n2)c(C)c1. The standard InChI is InChI=1S/C18H18N4O2S/c1-11-7-8-14(12(2)9-11)19-16(24)10-25-18-20-17(21-22-18)13-5-3-4-6-15(13)23/h3-9,23H,10H2,1-2H3,(H,19,24)(H,20,21,22). The summed E-state index contributed by atoms with van der Waals surface area (Å²) in [6.07, 6.45) is 0. The number of amides is 1. The fraction of sp³-hybridized carbons (Fsp3) is 0.167. The number of hydrogen-bond donors (Lipinski definition) is 3. The van der Waals surface area contributed by atoms with Crippen LogP contribution in [0.3, 0.4) is 0 Å².